The highest BCUT2D eigenvalue weighted by molar-refractivity contribution is 6.30. The van der Waals surface area contributed by atoms with E-state index in [0.29, 0.717) is 38.9 Å². The first-order chi connectivity index (χ1) is 12.5. The molecule has 8 nitrogen and oxygen atoms in total. The Labute approximate surface area is 153 Å². The molecule has 0 saturated heterocycles. The van der Waals surface area contributed by atoms with Crippen molar-refractivity contribution in [2.45, 2.75) is 0 Å². The summed E-state index contributed by atoms with van der Waals surface area (Å²) in [5, 5.41) is 13.0. The van der Waals surface area contributed by atoms with Gasteiger partial charge in [0.05, 0.1) is 23.7 Å². The Balaban J connectivity index is 2.05. The summed E-state index contributed by atoms with van der Waals surface area (Å²) in [5.74, 6) is 0.140. The summed E-state index contributed by atoms with van der Waals surface area (Å²) in [6.07, 6.45) is 1.39. The average molecular weight is 375 g/mol. The molecular formula is C17H15ClN4O4. The monoisotopic (exact) mass is 374 g/mol. The number of ether oxygens (including phenoxy) is 2. The first kappa shape index (κ1) is 17.6. The standard InChI is InChI=1S/C17H15ClN4O4/c1-25-14-6-10(19)5-12-16(14)17(21-8-20-12)22-11-3-2-9(18)4-13(11)26-7-15(23)24/h2-6,8H,7,19H2,1H3,(H,23,24)(H,20,21,22). The van der Waals surface area contributed by atoms with Crippen LogP contribution >= 0.6 is 11.6 Å². The summed E-state index contributed by atoms with van der Waals surface area (Å²) in [5.41, 5.74) is 7.46. The fraction of sp³-hybridized carbons (Fsp3) is 0.118. The van der Waals surface area contributed by atoms with Gasteiger partial charge in [-0.2, -0.15) is 0 Å². The zero-order chi connectivity index (χ0) is 18.7. The Morgan fingerprint density at radius 3 is 2.81 bits per heavy atom. The number of carboxylic acid groups (broad SMARTS) is 1. The van der Waals surface area contributed by atoms with Crippen LogP contribution in [0.2, 0.25) is 5.02 Å². The number of nitrogens with one attached hydrogen (secondary N) is 1. The number of nitrogens with zero attached hydrogens (tertiary/aromatic N) is 2. The van der Waals surface area contributed by atoms with Gasteiger partial charge in [-0.25, -0.2) is 14.8 Å². The van der Waals surface area contributed by atoms with Crippen LogP contribution < -0.4 is 20.5 Å². The van der Waals surface area contributed by atoms with E-state index >= 15 is 0 Å². The van der Waals surface area contributed by atoms with Crippen molar-refractivity contribution < 1.29 is 19.4 Å². The summed E-state index contributed by atoms with van der Waals surface area (Å²) >= 11 is 5.98. The van der Waals surface area contributed by atoms with Gasteiger partial charge in [0, 0.05) is 22.8 Å². The Hall–Kier alpha value is -3.26. The number of fused-ring (bicyclic) bond motifs is 1. The number of nitrogens with two attached hydrogens (primary N) is 1. The van der Waals surface area contributed by atoms with E-state index in [9.17, 15) is 4.79 Å². The molecule has 0 spiro atoms. The van der Waals surface area contributed by atoms with Gasteiger partial charge in [-0.3, -0.25) is 0 Å². The second-order valence-electron chi connectivity index (χ2n) is 5.29. The molecule has 1 aromatic heterocycles. The topological polar surface area (TPSA) is 120 Å². The lowest BCUT2D eigenvalue weighted by molar-refractivity contribution is -0.139. The Morgan fingerprint density at radius 1 is 1.27 bits per heavy atom. The molecule has 134 valence electrons. The predicted molar refractivity (Wildman–Crippen MR) is 98.4 cm³/mol. The number of halogens is 1. The molecule has 2 aromatic carbocycles. The van der Waals surface area contributed by atoms with Crippen LogP contribution in [-0.4, -0.2) is 34.8 Å². The van der Waals surface area contributed by atoms with Crippen molar-refractivity contribution in [3.63, 3.8) is 0 Å². The van der Waals surface area contributed by atoms with E-state index in [0.717, 1.165) is 0 Å². The van der Waals surface area contributed by atoms with E-state index in [1.54, 1.807) is 24.3 Å². The number of carbonyl (C=O) groups is 1. The van der Waals surface area contributed by atoms with Crippen LogP contribution in [-0.2, 0) is 4.79 Å². The van der Waals surface area contributed by atoms with Crippen LogP contribution in [0.4, 0.5) is 17.2 Å². The quantitative estimate of drug-likeness (QED) is 0.563. The third-order valence-electron chi connectivity index (χ3n) is 3.49. The molecule has 0 fully saturated rings. The van der Waals surface area contributed by atoms with Crippen molar-refractivity contribution in [2.75, 3.05) is 24.8 Å². The van der Waals surface area contributed by atoms with E-state index in [1.807, 2.05) is 0 Å². The highest BCUT2D eigenvalue weighted by Crippen LogP contribution is 2.36. The molecule has 0 saturated carbocycles. The van der Waals surface area contributed by atoms with E-state index in [-0.39, 0.29) is 5.75 Å². The van der Waals surface area contributed by atoms with E-state index in [1.165, 1.54) is 19.5 Å². The minimum Gasteiger partial charge on any atom is -0.496 e. The SMILES string of the molecule is COc1cc(N)cc2ncnc(Nc3ccc(Cl)cc3OCC(=O)O)c12. The summed E-state index contributed by atoms with van der Waals surface area (Å²) in [4.78, 5) is 19.2. The van der Waals surface area contributed by atoms with Gasteiger partial charge in [-0.1, -0.05) is 11.6 Å². The second-order valence-corrected chi connectivity index (χ2v) is 5.72. The molecule has 26 heavy (non-hydrogen) atoms. The molecule has 9 heteroatoms. The van der Waals surface area contributed by atoms with Crippen LogP contribution in [0.1, 0.15) is 0 Å². The van der Waals surface area contributed by atoms with Gasteiger partial charge in [0.25, 0.3) is 0 Å². The van der Waals surface area contributed by atoms with Gasteiger partial charge >= 0.3 is 5.97 Å². The van der Waals surface area contributed by atoms with Gasteiger partial charge in [0.2, 0.25) is 0 Å². The van der Waals surface area contributed by atoms with Crippen LogP contribution in [0, 0.1) is 0 Å². The number of methoxy groups -OCH3 is 1. The Kier molecular flexibility index (Phi) is 4.94. The number of hydrogen-bond donors (Lipinski definition) is 3. The number of hydrogen-bond acceptors (Lipinski definition) is 7. The molecule has 3 rings (SSSR count). The van der Waals surface area contributed by atoms with Gasteiger partial charge in [-0.15, -0.1) is 0 Å². The van der Waals surface area contributed by atoms with Crippen LogP contribution in [0.15, 0.2) is 36.7 Å². The number of aliphatic carboxylic acids is 1. The highest BCUT2D eigenvalue weighted by Gasteiger charge is 2.14. The molecular weight excluding hydrogens is 360 g/mol. The minimum absolute atomic E-state index is 0.279. The molecule has 0 amide bonds. The number of carboxylic acids is 1. The summed E-state index contributed by atoms with van der Waals surface area (Å²) in [6.45, 7) is -0.501. The maximum atomic E-state index is 10.8. The van der Waals surface area contributed by atoms with Crippen LogP contribution in [0.5, 0.6) is 11.5 Å². The molecule has 0 aliphatic carbocycles. The molecule has 0 bridgehead atoms. The molecule has 3 aromatic rings. The van der Waals surface area contributed by atoms with Crippen LogP contribution in [0.25, 0.3) is 10.9 Å². The lowest BCUT2D eigenvalue weighted by Crippen LogP contribution is -2.10. The third-order valence-corrected chi connectivity index (χ3v) is 3.73. The Morgan fingerprint density at radius 2 is 2.08 bits per heavy atom. The highest BCUT2D eigenvalue weighted by atomic mass is 35.5. The molecule has 4 N–H and O–H groups in total. The Bertz CT molecular complexity index is 980. The van der Waals surface area contributed by atoms with Crippen LogP contribution in [0.3, 0.4) is 0 Å². The smallest absolute Gasteiger partial charge is 0.341 e. The lowest BCUT2D eigenvalue weighted by Gasteiger charge is -2.15. The maximum Gasteiger partial charge on any atom is 0.341 e. The van der Waals surface area contributed by atoms with Gasteiger partial charge in [0.1, 0.15) is 23.6 Å². The maximum absolute atomic E-state index is 10.8. The summed E-state index contributed by atoms with van der Waals surface area (Å²) in [7, 11) is 1.52. The fourth-order valence-electron chi connectivity index (χ4n) is 2.42. The number of anilines is 3. The first-order valence-electron chi connectivity index (χ1n) is 7.47. The zero-order valence-corrected chi connectivity index (χ0v) is 14.4. The van der Waals surface area contributed by atoms with Crippen molar-refractivity contribution in [1.29, 1.82) is 0 Å². The largest absolute Gasteiger partial charge is 0.496 e. The predicted octanol–water partition coefficient (Wildman–Crippen LogP) is 3.08. The van der Waals surface area contributed by atoms with Crippen molar-refractivity contribution in [3.8, 4) is 11.5 Å². The normalized spacial score (nSPS) is 10.5. The minimum atomic E-state index is -1.10. The number of benzene rings is 2. The van der Waals surface area contributed by atoms with E-state index in [4.69, 9.17) is 31.9 Å². The molecule has 1 heterocycles. The van der Waals surface area contributed by atoms with Gasteiger partial charge in [0.15, 0.2) is 6.61 Å². The molecule has 0 atom stereocenters. The third kappa shape index (κ3) is 3.70. The van der Waals surface area contributed by atoms with Gasteiger partial charge < -0.3 is 25.6 Å². The molecule has 0 radical (unpaired) electrons. The van der Waals surface area contributed by atoms with Gasteiger partial charge in [-0.05, 0) is 18.2 Å². The summed E-state index contributed by atoms with van der Waals surface area (Å²) < 4.78 is 10.7. The zero-order valence-electron chi connectivity index (χ0n) is 13.7. The van der Waals surface area contributed by atoms with Crippen molar-refractivity contribution in [1.82, 2.24) is 9.97 Å². The summed E-state index contributed by atoms with van der Waals surface area (Å²) in [6, 6.07) is 8.20. The average Bonchev–Trinajstić information content (AvgIpc) is 2.61. The lowest BCUT2D eigenvalue weighted by atomic mass is 10.2. The van der Waals surface area contributed by atoms with Crippen molar-refractivity contribution >= 4 is 45.7 Å². The number of aromatic nitrogens is 2. The molecule has 0 unspecified atom stereocenters. The second kappa shape index (κ2) is 7.32. The van der Waals surface area contributed by atoms with Crippen molar-refractivity contribution in [3.05, 3.63) is 41.7 Å². The fourth-order valence-corrected chi connectivity index (χ4v) is 2.58. The molecule has 0 aliphatic rings. The number of rotatable bonds is 6. The van der Waals surface area contributed by atoms with Crippen molar-refractivity contribution in [2.24, 2.45) is 0 Å². The van der Waals surface area contributed by atoms with E-state index < -0.39 is 12.6 Å². The first-order valence-corrected chi connectivity index (χ1v) is 7.85. The number of nitrogen functional groups attached to an aromatic ring is 1. The molecule has 0 aliphatic heterocycles. The van der Waals surface area contributed by atoms with E-state index in [2.05, 4.69) is 15.3 Å².